The van der Waals surface area contributed by atoms with E-state index in [9.17, 15) is 9.59 Å². The summed E-state index contributed by atoms with van der Waals surface area (Å²) in [5, 5.41) is 3.09. The highest BCUT2D eigenvalue weighted by Gasteiger charge is 2.30. The Morgan fingerprint density at radius 3 is 2.38 bits per heavy atom. The molecule has 3 rings (SSSR count). The Balaban J connectivity index is 1.68. The maximum Gasteiger partial charge on any atom is 0.322 e. The fourth-order valence-electron chi connectivity index (χ4n) is 3.81. The highest BCUT2D eigenvalue weighted by molar-refractivity contribution is 6.03. The van der Waals surface area contributed by atoms with Crippen LogP contribution in [0.5, 0.6) is 0 Å². The molecular weight excluding hydrogens is 328 g/mol. The number of likely N-dealkylation sites (tertiary alicyclic amines) is 1. The van der Waals surface area contributed by atoms with Crippen LogP contribution in [-0.4, -0.2) is 56.6 Å². The number of fused-ring (bicyclic) bond motifs is 1. The summed E-state index contributed by atoms with van der Waals surface area (Å²) in [6, 6.07) is 7.63. The van der Waals surface area contributed by atoms with Crippen molar-refractivity contribution in [2.75, 3.05) is 49.6 Å². The normalized spacial score (nSPS) is 20.4. The van der Waals surface area contributed by atoms with Crippen LogP contribution in [0.2, 0.25) is 0 Å². The fourth-order valence-corrected chi connectivity index (χ4v) is 3.81. The number of anilines is 2. The van der Waals surface area contributed by atoms with Crippen LogP contribution >= 0.6 is 0 Å². The topological polar surface area (TPSA) is 55.9 Å². The number of rotatable bonds is 4. The number of nitrogens with zero attached hydrogens (tertiary/aromatic N) is 3. The Hall–Kier alpha value is -2.08. The third kappa shape index (κ3) is 4.18. The van der Waals surface area contributed by atoms with Crippen LogP contribution in [0, 0.1) is 11.8 Å². The van der Waals surface area contributed by atoms with E-state index >= 15 is 0 Å². The maximum atomic E-state index is 12.8. The lowest BCUT2D eigenvalue weighted by molar-refractivity contribution is -0.119. The first-order valence-electron chi connectivity index (χ1n) is 9.59. The summed E-state index contributed by atoms with van der Waals surface area (Å²) in [5.74, 6) is 0.968. The highest BCUT2D eigenvalue weighted by atomic mass is 16.2. The number of urea groups is 1. The van der Waals surface area contributed by atoms with Crippen LogP contribution in [-0.2, 0) is 4.79 Å². The lowest BCUT2D eigenvalue weighted by Gasteiger charge is -2.37. The van der Waals surface area contributed by atoms with Crippen LogP contribution in [0.4, 0.5) is 16.2 Å². The van der Waals surface area contributed by atoms with Gasteiger partial charge >= 0.3 is 6.03 Å². The smallest absolute Gasteiger partial charge is 0.322 e. The third-order valence-corrected chi connectivity index (χ3v) is 5.17. The number of benzene rings is 1. The molecule has 1 fully saturated rings. The highest BCUT2D eigenvalue weighted by Crippen LogP contribution is 2.33. The molecule has 0 aromatic heterocycles. The van der Waals surface area contributed by atoms with Gasteiger partial charge in [-0.25, -0.2) is 4.79 Å². The van der Waals surface area contributed by atoms with E-state index in [1.54, 1.807) is 4.90 Å². The van der Waals surface area contributed by atoms with Crippen molar-refractivity contribution in [3.05, 3.63) is 24.3 Å². The van der Waals surface area contributed by atoms with Crippen molar-refractivity contribution < 1.29 is 9.59 Å². The predicted octanol–water partition coefficient (Wildman–Crippen LogP) is 2.55. The van der Waals surface area contributed by atoms with Gasteiger partial charge < -0.3 is 15.1 Å². The first kappa shape index (κ1) is 18.7. The maximum absolute atomic E-state index is 12.8. The summed E-state index contributed by atoms with van der Waals surface area (Å²) in [4.78, 5) is 31.2. The first-order chi connectivity index (χ1) is 12.5. The second-order valence-electron chi connectivity index (χ2n) is 7.89. The average molecular weight is 358 g/mol. The van der Waals surface area contributed by atoms with E-state index in [-0.39, 0.29) is 11.9 Å². The Morgan fingerprint density at radius 1 is 1.12 bits per heavy atom. The molecule has 1 saturated heterocycles. The SMILES string of the molecule is CC(C)CC(=O)N1CCN(C(=O)NC[C@H]2CCN(C)C2)c2ccccc21. The number of amides is 3. The monoisotopic (exact) mass is 358 g/mol. The summed E-state index contributed by atoms with van der Waals surface area (Å²) < 4.78 is 0. The molecule has 26 heavy (non-hydrogen) atoms. The summed E-state index contributed by atoms with van der Waals surface area (Å²) in [6.07, 6.45) is 1.65. The lowest BCUT2D eigenvalue weighted by Crippen LogP contribution is -2.50. The largest absolute Gasteiger partial charge is 0.337 e. The van der Waals surface area contributed by atoms with Crippen LogP contribution in [0.25, 0.3) is 0 Å². The Labute approximate surface area is 156 Å². The van der Waals surface area contributed by atoms with E-state index in [1.807, 2.05) is 43.0 Å². The van der Waals surface area contributed by atoms with Gasteiger partial charge in [0, 0.05) is 32.6 Å². The number of para-hydroxylation sites is 2. The van der Waals surface area contributed by atoms with Gasteiger partial charge in [-0.05, 0) is 44.0 Å². The molecule has 0 saturated carbocycles. The molecule has 142 valence electrons. The second kappa shape index (κ2) is 8.08. The summed E-state index contributed by atoms with van der Waals surface area (Å²) in [5.41, 5.74) is 1.65. The summed E-state index contributed by atoms with van der Waals surface area (Å²) in [6.45, 7) is 8.01. The van der Waals surface area contributed by atoms with Crippen molar-refractivity contribution >= 4 is 23.3 Å². The average Bonchev–Trinajstić information content (AvgIpc) is 3.03. The minimum absolute atomic E-state index is 0.0667. The van der Waals surface area contributed by atoms with Gasteiger partial charge in [-0.3, -0.25) is 9.69 Å². The van der Waals surface area contributed by atoms with Gasteiger partial charge in [-0.1, -0.05) is 26.0 Å². The van der Waals surface area contributed by atoms with E-state index in [0.717, 1.165) is 30.9 Å². The van der Waals surface area contributed by atoms with Gasteiger partial charge in [0.2, 0.25) is 5.91 Å². The number of hydrogen-bond donors (Lipinski definition) is 1. The van der Waals surface area contributed by atoms with Gasteiger partial charge in [0.05, 0.1) is 11.4 Å². The molecule has 0 radical (unpaired) electrons. The fraction of sp³-hybridized carbons (Fsp3) is 0.600. The minimum atomic E-state index is -0.0667. The number of carbonyl (C=O) groups excluding carboxylic acids is 2. The van der Waals surface area contributed by atoms with E-state index in [2.05, 4.69) is 17.3 Å². The Kier molecular flexibility index (Phi) is 5.81. The van der Waals surface area contributed by atoms with E-state index in [0.29, 0.717) is 37.9 Å². The number of hydrogen-bond acceptors (Lipinski definition) is 3. The molecule has 2 heterocycles. The summed E-state index contributed by atoms with van der Waals surface area (Å²) >= 11 is 0. The minimum Gasteiger partial charge on any atom is -0.337 e. The van der Waals surface area contributed by atoms with Crippen LogP contribution in [0.3, 0.4) is 0 Å². The molecule has 6 heteroatoms. The molecule has 3 amide bonds. The summed E-state index contributed by atoms with van der Waals surface area (Å²) in [7, 11) is 2.12. The van der Waals surface area contributed by atoms with Crippen molar-refractivity contribution in [1.82, 2.24) is 10.2 Å². The zero-order valence-electron chi connectivity index (χ0n) is 16.1. The second-order valence-corrected chi connectivity index (χ2v) is 7.89. The van der Waals surface area contributed by atoms with Gasteiger partial charge in [-0.2, -0.15) is 0 Å². The van der Waals surface area contributed by atoms with Crippen molar-refractivity contribution in [3.8, 4) is 0 Å². The first-order valence-corrected chi connectivity index (χ1v) is 9.59. The molecule has 6 nitrogen and oxygen atoms in total. The van der Waals surface area contributed by atoms with Gasteiger partial charge in [0.15, 0.2) is 0 Å². The molecule has 1 aromatic carbocycles. The molecule has 0 aliphatic carbocycles. The Morgan fingerprint density at radius 2 is 1.77 bits per heavy atom. The van der Waals surface area contributed by atoms with Gasteiger partial charge in [-0.15, -0.1) is 0 Å². The molecule has 1 atom stereocenters. The van der Waals surface area contributed by atoms with Crippen LogP contribution < -0.4 is 15.1 Å². The molecule has 1 aromatic rings. The van der Waals surface area contributed by atoms with Crippen molar-refractivity contribution in [2.24, 2.45) is 11.8 Å². The molecule has 1 N–H and O–H groups in total. The van der Waals surface area contributed by atoms with E-state index in [4.69, 9.17) is 0 Å². The Bertz CT molecular complexity index is 661. The molecular formula is C20H30N4O2. The van der Waals surface area contributed by atoms with Crippen molar-refractivity contribution in [1.29, 1.82) is 0 Å². The van der Waals surface area contributed by atoms with Gasteiger partial charge in [0.1, 0.15) is 0 Å². The predicted molar refractivity (Wildman–Crippen MR) is 105 cm³/mol. The van der Waals surface area contributed by atoms with Gasteiger partial charge in [0.25, 0.3) is 0 Å². The van der Waals surface area contributed by atoms with E-state index in [1.165, 1.54) is 0 Å². The zero-order chi connectivity index (χ0) is 18.7. The number of carbonyl (C=O) groups is 2. The third-order valence-electron chi connectivity index (χ3n) is 5.17. The van der Waals surface area contributed by atoms with Crippen LogP contribution in [0.15, 0.2) is 24.3 Å². The molecule has 0 bridgehead atoms. The van der Waals surface area contributed by atoms with Crippen molar-refractivity contribution in [3.63, 3.8) is 0 Å². The zero-order valence-corrected chi connectivity index (χ0v) is 16.1. The standard InChI is InChI=1S/C20H30N4O2/c1-15(2)12-19(25)23-10-11-24(18-7-5-4-6-17(18)23)20(26)21-13-16-8-9-22(3)14-16/h4-7,15-16H,8-14H2,1-3H3,(H,21,26)/t16-/m1/s1. The molecule has 0 spiro atoms. The quantitative estimate of drug-likeness (QED) is 0.900. The molecule has 2 aliphatic heterocycles. The van der Waals surface area contributed by atoms with E-state index < -0.39 is 0 Å². The molecule has 2 aliphatic rings. The number of nitrogens with one attached hydrogen (secondary N) is 1. The van der Waals surface area contributed by atoms with Crippen molar-refractivity contribution in [2.45, 2.75) is 26.7 Å². The lowest BCUT2D eigenvalue weighted by atomic mass is 10.1. The van der Waals surface area contributed by atoms with Crippen LogP contribution in [0.1, 0.15) is 26.7 Å². The molecule has 0 unspecified atom stereocenters.